The average Bonchev–Trinajstić information content (AvgIpc) is 3.40. The van der Waals surface area contributed by atoms with Crippen molar-refractivity contribution in [2.45, 2.75) is 304 Å². The first-order chi connectivity index (χ1) is 36.4. The lowest BCUT2D eigenvalue weighted by atomic mass is 9.81. The monoisotopic (exact) mass is 1090 g/mol. The third kappa shape index (κ3) is 24.1. The first-order valence-corrected chi connectivity index (χ1v) is 35.2. The van der Waals surface area contributed by atoms with Crippen LogP contribution in [0.15, 0.2) is 43.8 Å². The number of aromatic hydroxyl groups is 2. The molecule has 418 valence electrons. The van der Waals surface area contributed by atoms with E-state index < -0.39 is 0 Å². The van der Waals surface area contributed by atoms with Gasteiger partial charge in [0.25, 0.3) is 0 Å². The Hall–Kier alpha value is -1.74. The molecular formula is C66H106O4S4. The Kier molecular flexibility index (Phi) is 36.2. The molecule has 8 heteroatoms. The number of unbranched alkanes of at least 4 members (excludes halogenated alkanes) is 36. The number of carbonyl (C=O) groups is 2. The predicted molar refractivity (Wildman–Crippen MR) is 331 cm³/mol. The fourth-order valence-electron chi connectivity index (χ4n) is 10.6. The van der Waals surface area contributed by atoms with Crippen LogP contribution in [0.3, 0.4) is 0 Å². The highest BCUT2D eigenvalue weighted by molar-refractivity contribution is 8.02. The molecule has 0 unspecified atom stereocenters. The number of phenolic OH excluding ortho intramolecular Hbond substituents is 2. The summed E-state index contributed by atoms with van der Waals surface area (Å²) in [6.45, 7) is 9.11. The van der Waals surface area contributed by atoms with Crippen LogP contribution in [-0.2, 0) is 0 Å². The summed E-state index contributed by atoms with van der Waals surface area (Å²) < 4.78 is 0. The van der Waals surface area contributed by atoms with Gasteiger partial charge in [0, 0.05) is 41.5 Å². The summed E-state index contributed by atoms with van der Waals surface area (Å²) in [4.78, 5) is 33.8. The topological polar surface area (TPSA) is 74.6 Å². The van der Waals surface area contributed by atoms with E-state index >= 15 is 0 Å². The van der Waals surface area contributed by atoms with Crippen LogP contribution in [-0.4, -0.2) is 44.8 Å². The summed E-state index contributed by atoms with van der Waals surface area (Å²) in [5.41, 5.74) is 0.620. The van der Waals surface area contributed by atoms with Gasteiger partial charge in [0.15, 0.2) is 11.6 Å². The van der Waals surface area contributed by atoms with Crippen molar-refractivity contribution in [2.75, 3.05) is 23.0 Å². The SMILES string of the molecule is CCCCCCCCCCCCSc1cc2c(cc1SCCCCCCCCCCCC)C(=O)c1c(c(O)c3cc(SCCCCCCCCCCCC)c(SCCCCCCCCCCCC)cc3c1O)C2=O. The molecule has 3 aromatic rings. The minimum absolute atomic E-state index is 0.0414. The molecule has 0 atom stereocenters. The van der Waals surface area contributed by atoms with E-state index in [-0.39, 0.29) is 34.2 Å². The number of phenols is 2. The molecule has 1 aliphatic rings. The highest BCUT2D eigenvalue weighted by atomic mass is 32.2. The van der Waals surface area contributed by atoms with Crippen molar-refractivity contribution < 1.29 is 19.8 Å². The summed E-state index contributed by atoms with van der Waals surface area (Å²) in [6.07, 6.45) is 51.8. The highest BCUT2D eigenvalue weighted by Gasteiger charge is 2.37. The Morgan fingerprint density at radius 2 is 0.473 bits per heavy atom. The minimum Gasteiger partial charge on any atom is -0.506 e. The van der Waals surface area contributed by atoms with Crippen molar-refractivity contribution in [1.82, 2.24) is 0 Å². The molecule has 1 aliphatic carbocycles. The molecule has 2 N–H and O–H groups in total. The maximum Gasteiger partial charge on any atom is 0.198 e. The van der Waals surface area contributed by atoms with Gasteiger partial charge in [-0.3, -0.25) is 9.59 Å². The molecule has 0 saturated heterocycles. The lowest BCUT2D eigenvalue weighted by molar-refractivity contribution is 0.0974. The van der Waals surface area contributed by atoms with Gasteiger partial charge in [0.05, 0.1) is 11.1 Å². The number of hydrogen-bond donors (Lipinski definition) is 2. The van der Waals surface area contributed by atoms with Crippen LogP contribution in [0, 0.1) is 0 Å². The van der Waals surface area contributed by atoms with Crippen LogP contribution in [0.1, 0.15) is 316 Å². The molecule has 0 heterocycles. The molecule has 0 spiro atoms. The van der Waals surface area contributed by atoms with Crippen LogP contribution >= 0.6 is 47.0 Å². The number of benzene rings is 3. The van der Waals surface area contributed by atoms with E-state index in [2.05, 4.69) is 27.7 Å². The highest BCUT2D eigenvalue weighted by Crippen LogP contribution is 2.49. The van der Waals surface area contributed by atoms with Gasteiger partial charge in [-0.25, -0.2) is 0 Å². The molecule has 0 aliphatic heterocycles. The smallest absolute Gasteiger partial charge is 0.198 e. The van der Waals surface area contributed by atoms with Crippen molar-refractivity contribution in [3.63, 3.8) is 0 Å². The summed E-state index contributed by atoms with van der Waals surface area (Å²) in [5.74, 6) is 2.81. The second-order valence-electron chi connectivity index (χ2n) is 21.9. The molecule has 0 fully saturated rings. The Bertz CT molecular complexity index is 1860. The van der Waals surface area contributed by atoms with Gasteiger partial charge in [-0.05, 0) is 73.0 Å². The summed E-state index contributed by atoms with van der Waals surface area (Å²) in [7, 11) is 0. The zero-order chi connectivity index (χ0) is 52.9. The van der Waals surface area contributed by atoms with E-state index in [1.165, 1.54) is 231 Å². The van der Waals surface area contributed by atoms with E-state index in [1.54, 1.807) is 0 Å². The Morgan fingerprint density at radius 1 is 0.284 bits per heavy atom. The molecular weight excluding hydrogens is 985 g/mol. The maximum absolute atomic E-state index is 14.8. The van der Waals surface area contributed by atoms with Gasteiger partial charge in [-0.1, -0.05) is 259 Å². The van der Waals surface area contributed by atoms with E-state index in [1.807, 2.05) is 71.3 Å². The quantitative estimate of drug-likeness (QED) is 0.0257. The number of carbonyl (C=O) groups excluding carboxylic acids is 2. The molecule has 0 radical (unpaired) electrons. The predicted octanol–water partition coefficient (Wildman–Crippen LogP) is 23.1. The fourth-order valence-corrected chi connectivity index (χ4v) is 15.2. The van der Waals surface area contributed by atoms with Crippen LogP contribution in [0.2, 0.25) is 0 Å². The minimum atomic E-state index is -0.365. The van der Waals surface area contributed by atoms with E-state index in [0.717, 1.165) is 68.3 Å². The zero-order valence-electron chi connectivity index (χ0n) is 47.8. The molecule has 74 heavy (non-hydrogen) atoms. The van der Waals surface area contributed by atoms with E-state index in [0.29, 0.717) is 21.9 Å². The maximum atomic E-state index is 14.8. The van der Waals surface area contributed by atoms with Crippen molar-refractivity contribution in [3.05, 3.63) is 46.5 Å². The fraction of sp³-hybridized carbons (Fsp3) is 0.727. The molecule has 0 bridgehead atoms. The largest absolute Gasteiger partial charge is 0.506 e. The van der Waals surface area contributed by atoms with Gasteiger partial charge in [-0.2, -0.15) is 0 Å². The number of ketones is 2. The average molecular weight is 1090 g/mol. The molecule has 4 rings (SSSR count). The lowest BCUT2D eigenvalue weighted by Gasteiger charge is -2.23. The first-order valence-electron chi connectivity index (χ1n) is 31.2. The number of hydrogen-bond acceptors (Lipinski definition) is 8. The number of thioether (sulfide) groups is 4. The van der Waals surface area contributed by atoms with Gasteiger partial charge in [0.1, 0.15) is 11.5 Å². The first kappa shape index (κ1) is 64.8. The van der Waals surface area contributed by atoms with Gasteiger partial charge < -0.3 is 10.2 Å². The van der Waals surface area contributed by atoms with Crippen LogP contribution in [0.4, 0.5) is 0 Å². The van der Waals surface area contributed by atoms with E-state index in [4.69, 9.17) is 0 Å². The third-order valence-electron chi connectivity index (χ3n) is 15.4. The summed E-state index contributed by atoms with van der Waals surface area (Å²) in [5, 5.41) is 25.3. The third-order valence-corrected chi connectivity index (χ3v) is 20.2. The molecule has 0 amide bonds. The molecule has 0 aromatic heterocycles. The van der Waals surface area contributed by atoms with Crippen LogP contribution in [0.5, 0.6) is 11.5 Å². The second kappa shape index (κ2) is 41.3. The number of fused-ring (bicyclic) bond motifs is 3. The zero-order valence-corrected chi connectivity index (χ0v) is 51.0. The van der Waals surface area contributed by atoms with Gasteiger partial charge in [-0.15, -0.1) is 47.0 Å². The van der Waals surface area contributed by atoms with E-state index in [9.17, 15) is 19.8 Å². The summed E-state index contributed by atoms with van der Waals surface area (Å²) >= 11 is 7.28. The Balaban J connectivity index is 1.51. The standard InChI is InChI=1S/C66H106O4S4/c1-5-9-13-17-21-25-29-33-37-41-45-71-57-49-53-54(50-58(57)72-46-42-38-34-30-26-22-18-14-10-6-2)64(68)62-61(63(53)67)65(69)55-51-59(73-47-43-39-35-31-27-23-19-15-11-7-3)60(52-56(55)66(62)70)74-48-44-40-36-32-28-24-20-16-12-8-4/h49-52,67-68H,5-48H2,1-4H3. The molecule has 0 saturated carbocycles. The van der Waals surface area contributed by atoms with Crippen LogP contribution in [0.25, 0.3) is 10.8 Å². The van der Waals surface area contributed by atoms with Gasteiger partial charge in [0.2, 0.25) is 0 Å². The van der Waals surface area contributed by atoms with Crippen molar-refractivity contribution in [1.29, 1.82) is 0 Å². The number of rotatable bonds is 48. The normalized spacial score (nSPS) is 12.4. The Labute approximate surface area is 471 Å². The van der Waals surface area contributed by atoms with Crippen molar-refractivity contribution in [2.24, 2.45) is 0 Å². The van der Waals surface area contributed by atoms with Crippen molar-refractivity contribution >= 4 is 69.4 Å². The summed E-state index contributed by atoms with van der Waals surface area (Å²) in [6, 6.07) is 7.89. The molecule has 4 nitrogen and oxygen atoms in total. The van der Waals surface area contributed by atoms with Crippen molar-refractivity contribution in [3.8, 4) is 11.5 Å². The van der Waals surface area contributed by atoms with Gasteiger partial charge >= 0.3 is 0 Å². The lowest BCUT2D eigenvalue weighted by Crippen LogP contribution is -2.22. The van der Waals surface area contributed by atoms with Crippen LogP contribution < -0.4 is 0 Å². The Morgan fingerprint density at radius 3 is 0.689 bits per heavy atom. The second-order valence-corrected chi connectivity index (χ2v) is 26.5. The molecule has 3 aromatic carbocycles.